The number of aromatic nitrogens is 1. The minimum atomic E-state index is -0.612. The van der Waals surface area contributed by atoms with Crippen LogP contribution < -0.4 is 0 Å². The van der Waals surface area contributed by atoms with Gasteiger partial charge in [0.1, 0.15) is 11.4 Å². The standard InChI is InChI=1S/C9H7NO4/c1-14-9(13)6-2-7(4-11)10-8(3-6)5-12/h2-5H,1H3. The van der Waals surface area contributed by atoms with Gasteiger partial charge in [0.25, 0.3) is 0 Å². The average molecular weight is 193 g/mol. The van der Waals surface area contributed by atoms with Crippen LogP contribution in [-0.2, 0) is 4.74 Å². The molecule has 1 heterocycles. The van der Waals surface area contributed by atoms with Crippen LogP contribution in [0.5, 0.6) is 0 Å². The second kappa shape index (κ2) is 4.27. The molecular weight excluding hydrogens is 186 g/mol. The summed E-state index contributed by atoms with van der Waals surface area (Å²) in [7, 11) is 1.21. The molecule has 0 aliphatic carbocycles. The van der Waals surface area contributed by atoms with E-state index in [1.165, 1.54) is 19.2 Å². The van der Waals surface area contributed by atoms with Crippen LogP contribution in [0.3, 0.4) is 0 Å². The second-order valence-electron chi connectivity index (χ2n) is 2.43. The predicted octanol–water partition coefficient (Wildman–Crippen LogP) is 0.493. The summed E-state index contributed by atoms with van der Waals surface area (Å²) in [6.45, 7) is 0. The summed E-state index contributed by atoms with van der Waals surface area (Å²) in [5, 5.41) is 0. The van der Waals surface area contributed by atoms with Gasteiger partial charge >= 0.3 is 5.97 Å². The van der Waals surface area contributed by atoms with Crippen molar-refractivity contribution in [3.05, 3.63) is 29.1 Å². The van der Waals surface area contributed by atoms with E-state index in [1.807, 2.05) is 0 Å². The Bertz CT molecular complexity index is 360. The van der Waals surface area contributed by atoms with Crippen LogP contribution in [0.2, 0.25) is 0 Å². The highest BCUT2D eigenvalue weighted by Gasteiger charge is 2.09. The number of rotatable bonds is 3. The van der Waals surface area contributed by atoms with E-state index in [0.717, 1.165) is 0 Å². The third-order valence-electron chi connectivity index (χ3n) is 1.53. The molecule has 0 saturated carbocycles. The van der Waals surface area contributed by atoms with E-state index in [0.29, 0.717) is 12.6 Å². The molecule has 0 fully saturated rings. The average Bonchev–Trinajstić information content (AvgIpc) is 2.27. The molecule has 14 heavy (non-hydrogen) atoms. The molecule has 0 atom stereocenters. The topological polar surface area (TPSA) is 73.3 Å². The molecular formula is C9H7NO4. The maximum Gasteiger partial charge on any atom is 0.338 e. The molecule has 5 nitrogen and oxygen atoms in total. The van der Waals surface area contributed by atoms with Gasteiger partial charge < -0.3 is 4.74 Å². The maximum atomic E-state index is 11.1. The third-order valence-corrected chi connectivity index (χ3v) is 1.53. The van der Waals surface area contributed by atoms with Crippen molar-refractivity contribution in [2.24, 2.45) is 0 Å². The van der Waals surface area contributed by atoms with E-state index in [4.69, 9.17) is 0 Å². The number of carbonyl (C=O) groups excluding carboxylic acids is 3. The zero-order valence-electron chi connectivity index (χ0n) is 7.39. The van der Waals surface area contributed by atoms with Crippen LogP contribution in [0.25, 0.3) is 0 Å². The molecule has 0 amide bonds. The molecule has 0 saturated heterocycles. The largest absolute Gasteiger partial charge is 0.465 e. The molecule has 0 unspecified atom stereocenters. The summed E-state index contributed by atoms with van der Waals surface area (Å²) in [5.74, 6) is -0.612. The van der Waals surface area contributed by atoms with Crippen LogP contribution in [0.1, 0.15) is 31.3 Å². The highest BCUT2D eigenvalue weighted by Crippen LogP contribution is 2.05. The molecule has 0 aliphatic rings. The zero-order chi connectivity index (χ0) is 10.6. The number of ether oxygens (including phenoxy) is 1. The quantitative estimate of drug-likeness (QED) is 0.516. The molecule has 1 aromatic heterocycles. The van der Waals surface area contributed by atoms with Gasteiger partial charge in [-0.15, -0.1) is 0 Å². The molecule has 0 radical (unpaired) electrons. The summed E-state index contributed by atoms with van der Waals surface area (Å²) < 4.78 is 4.44. The van der Waals surface area contributed by atoms with Crippen molar-refractivity contribution in [1.29, 1.82) is 0 Å². The first kappa shape index (κ1) is 10.0. The monoisotopic (exact) mass is 193 g/mol. The van der Waals surface area contributed by atoms with Crippen LogP contribution in [0.15, 0.2) is 12.1 Å². The van der Waals surface area contributed by atoms with Gasteiger partial charge in [0.15, 0.2) is 12.6 Å². The lowest BCUT2D eigenvalue weighted by Gasteiger charge is -2.00. The number of hydrogen-bond donors (Lipinski definition) is 0. The Morgan fingerprint density at radius 2 is 1.79 bits per heavy atom. The van der Waals surface area contributed by atoms with E-state index < -0.39 is 5.97 Å². The Labute approximate surface area is 79.7 Å². The van der Waals surface area contributed by atoms with E-state index in [-0.39, 0.29) is 17.0 Å². The smallest absolute Gasteiger partial charge is 0.338 e. The van der Waals surface area contributed by atoms with Crippen LogP contribution in [-0.4, -0.2) is 30.6 Å². The molecule has 5 heteroatoms. The van der Waals surface area contributed by atoms with Crippen molar-refractivity contribution in [1.82, 2.24) is 4.98 Å². The van der Waals surface area contributed by atoms with E-state index >= 15 is 0 Å². The second-order valence-corrected chi connectivity index (χ2v) is 2.43. The Morgan fingerprint density at radius 1 is 1.29 bits per heavy atom. The fourth-order valence-corrected chi connectivity index (χ4v) is 0.930. The minimum absolute atomic E-state index is 0.0231. The van der Waals surface area contributed by atoms with Crippen molar-refractivity contribution in [2.45, 2.75) is 0 Å². The number of methoxy groups -OCH3 is 1. The Hall–Kier alpha value is -2.04. The highest BCUT2D eigenvalue weighted by molar-refractivity contribution is 5.92. The molecule has 1 aromatic rings. The van der Waals surface area contributed by atoms with Gasteiger partial charge in [0, 0.05) is 0 Å². The predicted molar refractivity (Wildman–Crippen MR) is 46.4 cm³/mol. The maximum absolute atomic E-state index is 11.1. The molecule has 0 N–H and O–H groups in total. The van der Waals surface area contributed by atoms with Gasteiger partial charge in [0.2, 0.25) is 0 Å². The summed E-state index contributed by atoms with van der Waals surface area (Å²) in [6, 6.07) is 2.51. The van der Waals surface area contributed by atoms with Crippen molar-refractivity contribution < 1.29 is 19.1 Å². The number of hydrogen-bond acceptors (Lipinski definition) is 5. The van der Waals surface area contributed by atoms with Gasteiger partial charge in [0.05, 0.1) is 12.7 Å². The molecule has 0 spiro atoms. The Kier molecular flexibility index (Phi) is 3.06. The van der Waals surface area contributed by atoms with E-state index in [1.54, 1.807) is 0 Å². The fraction of sp³-hybridized carbons (Fsp3) is 0.111. The number of aldehydes is 2. The van der Waals surface area contributed by atoms with Gasteiger partial charge in [-0.25, -0.2) is 9.78 Å². The van der Waals surface area contributed by atoms with Gasteiger partial charge in [-0.3, -0.25) is 9.59 Å². The lowest BCUT2D eigenvalue weighted by molar-refractivity contribution is 0.0600. The van der Waals surface area contributed by atoms with Crippen LogP contribution in [0.4, 0.5) is 0 Å². The van der Waals surface area contributed by atoms with Crippen molar-refractivity contribution in [3.8, 4) is 0 Å². The first-order valence-corrected chi connectivity index (χ1v) is 3.72. The van der Waals surface area contributed by atoms with Gasteiger partial charge in [-0.05, 0) is 12.1 Å². The van der Waals surface area contributed by atoms with Crippen molar-refractivity contribution in [2.75, 3.05) is 7.11 Å². The highest BCUT2D eigenvalue weighted by atomic mass is 16.5. The molecule has 1 rings (SSSR count). The lowest BCUT2D eigenvalue weighted by Crippen LogP contribution is -2.05. The zero-order valence-corrected chi connectivity index (χ0v) is 7.39. The summed E-state index contributed by atoms with van der Waals surface area (Å²) in [5.41, 5.74) is 0.178. The molecule has 0 bridgehead atoms. The summed E-state index contributed by atoms with van der Waals surface area (Å²) >= 11 is 0. The number of pyridine rings is 1. The minimum Gasteiger partial charge on any atom is -0.465 e. The number of nitrogens with zero attached hydrogens (tertiary/aromatic N) is 1. The Balaban J connectivity index is 3.23. The number of carbonyl (C=O) groups is 3. The summed E-state index contributed by atoms with van der Waals surface area (Å²) in [6.07, 6.45) is 0.916. The van der Waals surface area contributed by atoms with E-state index in [9.17, 15) is 14.4 Å². The van der Waals surface area contributed by atoms with Gasteiger partial charge in [-0.1, -0.05) is 0 Å². The lowest BCUT2D eigenvalue weighted by atomic mass is 10.2. The molecule has 0 aromatic carbocycles. The van der Waals surface area contributed by atoms with Crippen LogP contribution >= 0.6 is 0 Å². The van der Waals surface area contributed by atoms with Crippen LogP contribution in [0, 0.1) is 0 Å². The van der Waals surface area contributed by atoms with Gasteiger partial charge in [-0.2, -0.15) is 0 Å². The molecule has 72 valence electrons. The molecule has 0 aliphatic heterocycles. The first-order valence-electron chi connectivity index (χ1n) is 3.72. The summed E-state index contributed by atoms with van der Waals surface area (Å²) in [4.78, 5) is 35.5. The fourth-order valence-electron chi connectivity index (χ4n) is 0.930. The Morgan fingerprint density at radius 3 is 2.14 bits per heavy atom. The first-order chi connectivity index (χ1) is 6.71. The SMILES string of the molecule is COC(=O)c1cc(C=O)nc(C=O)c1. The van der Waals surface area contributed by atoms with Crippen molar-refractivity contribution >= 4 is 18.5 Å². The number of esters is 1. The normalized spacial score (nSPS) is 9.21. The third kappa shape index (κ3) is 2.01. The van der Waals surface area contributed by atoms with E-state index in [2.05, 4.69) is 9.72 Å². The van der Waals surface area contributed by atoms with Crippen molar-refractivity contribution in [3.63, 3.8) is 0 Å².